The third-order valence-corrected chi connectivity index (χ3v) is 5.57. The van der Waals surface area contributed by atoms with Crippen molar-refractivity contribution in [1.29, 1.82) is 0 Å². The average molecular weight is 427 g/mol. The van der Waals surface area contributed by atoms with E-state index in [1.807, 2.05) is 29.2 Å². The quantitative estimate of drug-likeness (QED) is 0.711. The number of anilines is 4. The Morgan fingerprint density at radius 2 is 1.74 bits per heavy atom. The molecule has 4 rings (SSSR count). The first-order valence-electron chi connectivity index (χ1n) is 10.3. The second kappa shape index (κ2) is 8.71. The van der Waals surface area contributed by atoms with Gasteiger partial charge >= 0.3 is 6.09 Å². The number of nitrogen functional groups attached to an aromatic ring is 1. The Bertz CT molecular complexity index is 960. The van der Waals surface area contributed by atoms with Gasteiger partial charge in [0.2, 0.25) is 5.91 Å². The lowest BCUT2D eigenvalue weighted by Crippen LogP contribution is -2.46. The molecule has 8 nitrogen and oxygen atoms in total. The zero-order chi connectivity index (χ0) is 22.0. The van der Waals surface area contributed by atoms with Crippen LogP contribution in [0.25, 0.3) is 0 Å². The Morgan fingerprint density at radius 3 is 2.39 bits per heavy atom. The SMILES string of the molecule is CC(=O)NC[C@H]1CN(c2ccc(N3CCN(c4ccc(N)cc4)CC3)c(F)c2)C(=O)O1. The van der Waals surface area contributed by atoms with Crippen molar-refractivity contribution in [3.8, 4) is 0 Å². The van der Waals surface area contributed by atoms with E-state index in [-0.39, 0.29) is 24.8 Å². The molecule has 2 aliphatic rings. The number of piperazine rings is 1. The van der Waals surface area contributed by atoms with Gasteiger partial charge in [-0.1, -0.05) is 0 Å². The fourth-order valence-corrected chi connectivity index (χ4v) is 3.91. The van der Waals surface area contributed by atoms with Gasteiger partial charge in [-0.05, 0) is 42.5 Å². The van der Waals surface area contributed by atoms with Crippen molar-refractivity contribution in [1.82, 2.24) is 5.32 Å². The summed E-state index contributed by atoms with van der Waals surface area (Å²) in [5, 5.41) is 2.63. The molecule has 0 saturated carbocycles. The fraction of sp³-hybridized carbons (Fsp3) is 0.364. The maximum atomic E-state index is 14.9. The number of halogens is 1. The van der Waals surface area contributed by atoms with E-state index in [0.717, 1.165) is 24.5 Å². The van der Waals surface area contributed by atoms with E-state index in [1.165, 1.54) is 17.9 Å². The molecule has 2 aromatic rings. The van der Waals surface area contributed by atoms with E-state index >= 15 is 0 Å². The maximum Gasteiger partial charge on any atom is 0.414 e. The van der Waals surface area contributed by atoms with Gasteiger partial charge in [0.15, 0.2) is 0 Å². The predicted molar refractivity (Wildman–Crippen MR) is 118 cm³/mol. The average Bonchev–Trinajstić information content (AvgIpc) is 3.13. The molecule has 2 heterocycles. The molecule has 0 aliphatic carbocycles. The molecule has 0 aromatic heterocycles. The number of carbonyl (C=O) groups excluding carboxylic acids is 2. The number of amides is 2. The van der Waals surface area contributed by atoms with Gasteiger partial charge in [0.25, 0.3) is 0 Å². The molecule has 164 valence electrons. The molecule has 2 fully saturated rings. The number of nitrogens with two attached hydrogens (primary N) is 1. The first kappa shape index (κ1) is 20.8. The zero-order valence-electron chi connectivity index (χ0n) is 17.4. The summed E-state index contributed by atoms with van der Waals surface area (Å²) in [7, 11) is 0. The Labute approximate surface area is 180 Å². The molecule has 31 heavy (non-hydrogen) atoms. The van der Waals surface area contributed by atoms with Crippen LogP contribution in [0.3, 0.4) is 0 Å². The zero-order valence-corrected chi connectivity index (χ0v) is 17.4. The molecule has 1 atom stereocenters. The van der Waals surface area contributed by atoms with E-state index in [2.05, 4.69) is 10.2 Å². The lowest BCUT2D eigenvalue weighted by molar-refractivity contribution is -0.119. The number of nitrogens with one attached hydrogen (secondary N) is 1. The molecule has 3 N–H and O–H groups in total. The maximum absolute atomic E-state index is 14.9. The summed E-state index contributed by atoms with van der Waals surface area (Å²) in [6.07, 6.45) is -1.000. The lowest BCUT2D eigenvalue weighted by atomic mass is 10.2. The number of carbonyl (C=O) groups is 2. The highest BCUT2D eigenvalue weighted by Gasteiger charge is 2.33. The highest BCUT2D eigenvalue weighted by Crippen LogP contribution is 2.29. The van der Waals surface area contributed by atoms with Crippen LogP contribution >= 0.6 is 0 Å². The normalized spacial score (nSPS) is 18.8. The van der Waals surface area contributed by atoms with Crippen LogP contribution < -0.4 is 25.8 Å². The highest BCUT2D eigenvalue weighted by molar-refractivity contribution is 5.90. The van der Waals surface area contributed by atoms with Crippen LogP contribution in [0, 0.1) is 5.82 Å². The van der Waals surface area contributed by atoms with Crippen LogP contribution in [0.15, 0.2) is 42.5 Å². The molecule has 0 bridgehead atoms. The second-order valence-electron chi connectivity index (χ2n) is 7.75. The van der Waals surface area contributed by atoms with E-state index in [9.17, 15) is 14.0 Å². The second-order valence-corrected chi connectivity index (χ2v) is 7.75. The molecule has 2 aromatic carbocycles. The van der Waals surface area contributed by atoms with E-state index in [1.54, 1.807) is 12.1 Å². The van der Waals surface area contributed by atoms with Gasteiger partial charge in [0.05, 0.1) is 24.5 Å². The van der Waals surface area contributed by atoms with Gasteiger partial charge < -0.3 is 25.6 Å². The van der Waals surface area contributed by atoms with Crippen molar-refractivity contribution in [3.63, 3.8) is 0 Å². The smallest absolute Gasteiger partial charge is 0.414 e. The van der Waals surface area contributed by atoms with E-state index in [0.29, 0.717) is 24.5 Å². The summed E-state index contributed by atoms with van der Waals surface area (Å²) in [4.78, 5) is 28.9. The molecule has 0 unspecified atom stereocenters. The molecular formula is C22H26FN5O3. The van der Waals surface area contributed by atoms with Gasteiger partial charge in [-0.3, -0.25) is 9.69 Å². The standard InChI is InChI=1S/C22H26FN5O3/c1-15(29)25-13-19-14-28(22(30)31-19)18-6-7-21(20(23)12-18)27-10-8-26(9-11-27)17-4-2-16(24)3-5-17/h2-7,12,19H,8-11,13-14,24H2,1H3,(H,25,29)/t19-/m0/s1. The van der Waals surface area contributed by atoms with E-state index in [4.69, 9.17) is 10.5 Å². The first-order valence-corrected chi connectivity index (χ1v) is 10.3. The third-order valence-electron chi connectivity index (χ3n) is 5.57. The van der Waals surface area contributed by atoms with E-state index < -0.39 is 12.2 Å². The Balaban J connectivity index is 1.38. The van der Waals surface area contributed by atoms with Crippen molar-refractivity contribution < 1.29 is 18.7 Å². The molecule has 9 heteroatoms. The van der Waals surface area contributed by atoms with Crippen molar-refractivity contribution in [2.45, 2.75) is 13.0 Å². The number of cyclic esters (lactones) is 1. The summed E-state index contributed by atoms with van der Waals surface area (Å²) >= 11 is 0. The molecule has 0 radical (unpaired) electrons. The fourth-order valence-electron chi connectivity index (χ4n) is 3.91. The molecule has 2 amide bonds. The van der Waals surface area contributed by atoms with Gasteiger partial charge in [-0.2, -0.15) is 0 Å². The van der Waals surface area contributed by atoms with Crippen LogP contribution in [0.1, 0.15) is 6.92 Å². The summed E-state index contributed by atoms with van der Waals surface area (Å²) in [6.45, 7) is 4.81. The third kappa shape index (κ3) is 4.65. The van der Waals surface area contributed by atoms with Crippen LogP contribution in [0.5, 0.6) is 0 Å². The number of rotatable bonds is 5. The summed E-state index contributed by atoms with van der Waals surface area (Å²) in [5.41, 5.74) is 8.54. The first-order chi connectivity index (χ1) is 14.9. The Morgan fingerprint density at radius 1 is 1.10 bits per heavy atom. The minimum atomic E-state index is -0.542. The highest BCUT2D eigenvalue weighted by atomic mass is 19.1. The Hall–Kier alpha value is -3.49. The van der Waals surface area contributed by atoms with Crippen molar-refractivity contribution in [2.24, 2.45) is 0 Å². The lowest BCUT2D eigenvalue weighted by Gasteiger charge is -2.37. The number of benzene rings is 2. The van der Waals surface area contributed by atoms with Crippen molar-refractivity contribution >= 4 is 34.7 Å². The number of hydrogen-bond acceptors (Lipinski definition) is 6. The van der Waals surface area contributed by atoms with Gasteiger partial charge in [-0.25, -0.2) is 9.18 Å². The molecule has 2 aliphatic heterocycles. The topological polar surface area (TPSA) is 91.1 Å². The van der Waals surface area contributed by atoms with Gasteiger partial charge in [0.1, 0.15) is 11.9 Å². The van der Waals surface area contributed by atoms with Crippen LogP contribution in [-0.2, 0) is 9.53 Å². The minimum absolute atomic E-state index is 0.193. The number of nitrogens with zero attached hydrogens (tertiary/aromatic N) is 3. The minimum Gasteiger partial charge on any atom is -0.442 e. The van der Waals surface area contributed by atoms with Gasteiger partial charge in [-0.15, -0.1) is 0 Å². The van der Waals surface area contributed by atoms with Crippen LogP contribution in [0.2, 0.25) is 0 Å². The van der Waals surface area contributed by atoms with Crippen LogP contribution in [0.4, 0.5) is 31.9 Å². The monoisotopic (exact) mass is 427 g/mol. The summed E-state index contributed by atoms with van der Waals surface area (Å²) in [6, 6.07) is 12.5. The number of ether oxygens (including phenoxy) is 1. The number of hydrogen-bond donors (Lipinski definition) is 2. The summed E-state index contributed by atoms with van der Waals surface area (Å²) in [5.74, 6) is -0.571. The molecule has 0 spiro atoms. The molecule has 2 saturated heterocycles. The molecular weight excluding hydrogens is 401 g/mol. The predicted octanol–water partition coefficient (Wildman–Crippen LogP) is 2.20. The van der Waals surface area contributed by atoms with Gasteiger partial charge in [0, 0.05) is 44.5 Å². The largest absolute Gasteiger partial charge is 0.442 e. The Kier molecular flexibility index (Phi) is 5.83. The van der Waals surface area contributed by atoms with Crippen LogP contribution in [-0.4, -0.2) is 57.4 Å². The van der Waals surface area contributed by atoms with Crippen molar-refractivity contribution in [2.75, 3.05) is 59.7 Å². The van der Waals surface area contributed by atoms with Crippen molar-refractivity contribution in [3.05, 3.63) is 48.3 Å². The summed E-state index contributed by atoms with van der Waals surface area (Å²) < 4.78 is 20.2.